The molecule has 2 aliphatic rings. The third-order valence-electron chi connectivity index (χ3n) is 5.95. The van der Waals surface area contributed by atoms with Gasteiger partial charge >= 0.3 is 11.9 Å². The zero-order valence-corrected chi connectivity index (χ0v) is 16.6. The number of hydrogen-bond donors (Lipinski definition) is 0. The van der Waals surface area contributed by atoms with Gasteiger partial charge in [-0.3, -0.25) is 0 Å². The zero-order valence-electron chi connectivity index (χ0n) is 16.6. The zero-order chi connectivity index (χ0) is 19.8. The fraction of sp³-hybridized carbons (Fsp3) is 0.565. The van der Waals surface area contributed by atoms with Crippen molar-refractivity contribution in [2.75, 3.05) is 7.11 Å². The Morgan fingerprint density at radius 3 is 2.00 bits per heavy atom. The average molecular weight is 386 g/mol. The van der Waals surface area contributed by atoms with Crippen LogP contribution in [-0.4, -0.2) is 25.2 Å². The van der Waals surface area contributed by atoms with Crippen LogP contribution in [0.4, 0.5) is 0 Å². The molecule has 5 heteroatoms. The van der Waals surface area contributed by atoms with Gasteiger partial charge < -0.3 is 14.2 Å². The molecule has 0 atom stereocenters. The Labute approximate surface area is 167 Å². The molecule has 0 unspecified atom stereocenters. The summed E-state index contributed by atoms with van der Waals surface area (Å²) < 4.78 is 15.7. The first-order valence-corrected chi connectivity index (χ1v) is 10.4. The lowest BCUT2D eigenvalue weighted by Gasteiger charge is -2.35. The molecular weight excluding hydrogens is 356 g/mol. The Morgan fingerprint density at radius 1 is 0.786 bits per heavy atom. The Kier molecular flexibility index (Phi) is 7.52. The maximum atomic E-state index is 12.0. The van der Waals surface area contributed by atoms with Crippen molar-refractivity contribution in [3.05, 3.63) is 36.4 Å². The van der Waals surface area contributed by atoms with Crippen molar-refractivity contribution in [1.82, 2.24) is 0 Å². The Balaban J connectivity index is 1.38. The summed E-state index contributed by atoms with van der Waals surface area (Å²) in [5.41, 5.74) is 0. The third kappa shape index (κ3) is 6.11. The van der Waals surface area contributed by atoms with Crippen molar-refractivity contribution in [3.63, 3.8) is 0 Å². The minimum absolute atomic E-state index is 0.0328. The number of methoxy groups -OCH3 is 1. The second kappa shape index (κ2) is 10.3. The van der Waals surface area contributed by atoms with Gasteiger partial charge in [0.15, 0.2) is 0 Å². The molecular formula is C23H30O5. The molecule has 0 radical (unpaired) electrons. The fourth-order valence-corrected chi connectivity index (χ4v) is 4.42. The molecule has 3 rings (SSSR count). The van der Waals surface area contributed by atoms with Crippen LogP contribution in [0.5, 0.6) is 11.5 Å². The number of benzene rings is 1. The van der Waals surface area contributed by atoms with Crippen molar-refractivity contribution >= 4 is 11.9 Å². The summed E-state index contributed by atoms with van der Waals surface area (Å²) in [6.45, 7) is 0. The topological polar surface area (TPSA) is 61.8 Å². The summed E-state index contributed by atoms with van der Waals surface area (Å²) in [5.74, 6) is 1.65. The molecule has 1 aromatic carbocycles. The number of carbonyl (C=O) groups is 2. The fourth-order valence-electron chi connectivity index (χ4n) is 4.42. The van der Waals surface area contributed by atoms with Gasteiger partial charge in [0, 0.05) is 12.2 Å². The quantitative estimate of drug-likeness (QED) is 0.398. The van der Waals surface area contributed by atoms with E-state index in [4.69, 9.17) is 14.2 Å². The second-order valence-corrected chi connectivity index (χ2v) is 7.80. The van der Waals surface area contributed by atoms with Crippen molar-refractivity contribution in [2.45, 2.75) is 63.9 Å². The molecule has 28 heavy (non-hydrogen) atoms. The maximum Gasteiger partial charge on any atom is 0.336 e. The molecule has 152 valence electrons. The normalized spacial score (nSPS) is 23.3. The lowest BCUT2D eigenvalue weighted by atomic mass is 9.73. The van der Waals surface area contributed by atoms with Crippen LogP contribution in [-0.2, 0) is 14.3 Å². The van der Waals surface area contributed by atoms with Crippen LogP contribution in [0.25, 0.3) is 0 Å². The van der Waals surface area contributed by atoms with Gasteiger partial charge in [0.05, 0.1) is 7.11 Å². The maximum absolute atomic E-state index is 12.0. The summed E-state index contributed by atoms with van der Waals surface area (Å²) in [6.07, 6.45) is 13.2. The largest absolute Gasteiger partial charge is 0.497 e. The highest BCUT2D eigenvalue weighted by Crippen LogP contribution is 2.38. The number of esters is 2. The van der Waals surface area contributed by atoms with Crippen molar-refractivity contribution < 1.29 is 23.8 Å². The summed E-state index contributed by atoms with van der Waals surface area (Å²) in [6, 6.07) is 6.66. The highest BCUT2D eigenvalue weighted by atomic mass is 16.5. The van der Waals surface area contributed by atoms with Gasteiger partial charge in [0.1, 0.15) is 17.6 Å². The first kappa shape index (κ1) is 20.4. The summed E-state index contributed by atoms with van der Waals surface area (Å²) in [4.78, 5) is 23.8. The van der Waals surface area contributed by atoms with E-state index in [1.54, 1.807) is 31.4 Å². The van der Waals surface area contributed by atoms with E-state index in [0.29, 0.717) is 11.5 Å². The predicted molar refractivity (Wildman–Crippen MR) is 106 cm³/mol. The van der Waals surface area contributed by atoms with E-state index < -0.39 is 11.9 Å². The Bertz CT molecular complexity index is 665. The minimum Gasteiger partial charge on any atom is -0.497 e. The van der Waals surface area contributed by atoms with E-state index in [1.165, 1.54) is 32.1 Å². The van der Waals surface area contributed by atoms with Crippen molar-refractivity contribution in [3.8, 4) is 11.5 Å². The van der Waals surface area contributed by atoms with Crippen molar-refractivity contribution in [1.29, 1.82) is 0 Å². The molecule has 2 fully saturated rings. The van der Waals surface area contributed by atoms with E-state index >= 15 is 0 Å². The molecule has 0 amide bonds. The van der Waals surface area contributed by atoms with E-state index in [1.807, 2.05) is 0 Å². The molecule has 0 N–H and O–H groups in total. The predicted octanol–water partition coefficient (Wildman–Crippen LogP) is 4.84. The van der Waals surface area contributed by atoms with E-state index in [-0.39, 0.29) is 6.10 Å². The first-order valence-electron chi connectivity index (χ1n) is 10.4. The molecule has 2 saturated carbocycles. The van der Waals surface area contributed by atoms with Gasteiger partial charge in [-0.1, -0.05) is 32.1 Å². The SMILES string of the molecule is COc1ccc(OC(=O)/C=C/C(=O)OC2CCC(C3CCCCC3)CC2)cc1. The summed E-state index contributed by atoms with van der Waals surface area (Å²) in [5, 5.41) is 0. The molecule has 0 bridgehead atoms. The molecule has 0 aliphatic heterocycles. The van der Waals surface area contributed by atoms with Gasteiger partial charge in [-0.25, -0.2) is 9.59 Å². The molecule has 0 heterocycles. The molecule has 1 aromatic rings. The van der Waals surface area contributed by atoms with Crippen LogP contribution < -0.4 is 9.47 Å². The first-order chi connectivity index (χ1) is 13.6. The van der Waals surface area contributed by atoms with Gasteiger partial charge in [-0.15, -0.1) is 0 Å². The molecule has 0 saturated heterocycles. The standard InChI is InChI=1S/C23H30O5/c1-26-19-11-13-21(14-12-19)28-23(25)16-15-22(24)27-20-9-7-18(8-10-20)17-5-3-2-4-6-17/h11-18,20H,2-10H2,1H3/b16-15+. The van der Waals surface area contributed by atoms with Crippen LogP contribution in [0.3, 0.4) is 0 Å². The van der Waals surface area contributed by atoms with Crippen molar-refractivity contribution in [2.24, 2.45) is 11.8 Å². The monoisotopic (exact) mass is 386 g/mol. The lowest BCUT2D eigenvalue weighted by Crippen LogP contribution is -2.28. The number of rotatable bonds is 6. The average Bonchev–Trinajstić information content (AvgIpc) is 2.74. The Hall–Kier alpha value is -2.30. The number of carbonyl (C=O) groups excluding carboxylic acids is 2. The molecule has 2 aliphatic carbocycles. The third-order valence-corrected chi connectivity index (χ3v) is 5.95. The minimum atomic E-state index is -0.608. The van der Waals surface area contributed by atoms with E-state index in [2.05, 4.69) is 0 Å². The van der Waals surface area contributed by atoms with Gasteiger partial charge in [-0.05, 0) is 61.8 Å². The summed E-state index contributed by atoms with van der Waals surface area (Å²) in [7, 11) is 1.57. The Morgan fingerprint density at radius 2 is 1.36 bits per heavy atom. The van der Waals surface area contributed by atoms with Crippen LogP contribution in [0.1, 0.15) is 57.8 Å². The van der Waals surface area contributed by atoms with Crippen LogP contribution >= 0.6 is 0 Å². The van der Waals surface area contributed by atoms with Crippen LogP contribution in [0.2, 0.25) is 0 Å². The molecule has 5 nitrogen and oxygen atoms in total. The smallest absolute Gasteiger partial charge is 0.336 e. The second-order valence-electron chi connectivity index (χ2n) is 7.80. The van der Waals surface area contributed by atoms with Gasteiger partial charge in [0.25, 0.3) is 0 Å². The molecule has 0 spiro atoms. The van der Waals surface area contributed by atoms with E-state index in [9.17, 15) is 9.59 Å². The van der Waals surface area contributed by atoms with E-state index in [0.717, 1.165) is 49.7 Å². The summed E-state index contributed by atoms with van der Waals surface area (Å²) >= 11 is 0. The van der Waals surface area contributed by atoms with Crippen LogP contribution in [0.15, 0.2) is 36.4 Å². The van der Waals surface area contributed by atoms with Crippen LogP contribution in [0, 0.1) is 11.8 Å². The number of ether oxygens (including phenoxy) is 3. The number of hydrogen-bond acceptors (Lipinski definition) is 5. The lowest BCUT2D eigenvalue weighted by molar-refractivity contribution is -0.145. The molecule has 0 aromatic heterocycles. The highest BCUT2D eigenvalue weighted by Gasteiger charge is 2.29. The van der Waals surface area contributed by atoms with Gasteiger partial charge in [0.2, 0.25) is 0 Å². The highest BCUT2D eigenvalue weighted by molar-refractivity contribution is 5.92. The van der Waals surface area contributed by atoms with Gasteiger partial charge in [-0.2, -0.15) is 0 Å².